The van der Waals surface area contributed by atoms with Crippen molar-refractivity contribution in [3.8, 4) is 0 Å². The molecule has 0 aromatic carbocycles. The van der Waals surface area contributed by atoms with E-state index in [0.29, 0.717) is 6.42 Å². The van der Waals surface area contributed by atoms with Crippen LogP contribution in [0.5, 0.6) is 0 Å². The first kappa shape index (κ1) is 12.0. The molecule has 0 radical (unpaired) electrons. The van der Waals surface area contributed by atoms with Gasteiger partial charge in [-0.3, -0.25) is 9.78 Å². The average molecular weight is 241 g/mol. The zero-order valence-corrected chi connectivity index (χ0v) is 9.08. The van der Waals surface area contributed by atoms with Crippen molar-refractivity contribution in [2.24, 2.45) is 5.92 Å². The summed E-state index contributed by atoms with van der Waals surface area (Å²) in [5.74, 6) is -0.948. The van der Waals surface area contributed by atoms with Crippen molar-refractivity contribution in [1.29, 1.82) is 0 Å². The quantitative estimate of drug-likeness (QED) is 0.413. The molecule has 0 aliphatic heterocycles. The minimum atomic E-state index is -1.07. The monoisotopic (exact) mass is 241 g/mol. The second kappa shape index (κ2) is 4.44. The van der Waals surface area contributed by atoms with E-state index >= 15 is 0 Å². The van der Waals surface area contributed by atoms with E-state index in [1.807, 2.05) is 0 Å². The van der Waals surface area contributed by atoms with Crippen LogP contribution in [0.25, 0.3) is 0 Å². The van der Waals surface area contributed by atoms with Crippen LogP contribution >= 0.6 is 0 Å². The Labute approximate surface area is 96.9 Å². The average Bonchev–Trinajstić information content (AvgIpc) is 2.57. The number of H-pyrrole nitrogens is 1. The minimum absolute atomic E-state index is 0.00509. The maximum atomic E-state index is 11.6. The van der Waals surface area contributed by atoms with Gasteiger partial charge in [-0.15, -0.1) is 0 Å². The molecule has 0 spiro atoms. The second-order valence-corrected chi connectivity index (χ2v) is 4.32. The lowest BCUT2D eigenvalue weighted by Gasteiger charge is -2.15. The van der Waals surface area contributed by atoms with Gasteiger partial charge in [0.15, 0.2) is 5.95 Å². The fourth-order valence-corrected chi connectivity index (χ4v) is 2.30. The highest BCUT2D eigenvalue weighted by atomic mass is 16.3. The van der Waals surface area contributed by atoms with Crippen LogP contribution in [0.2, 0.25) is 0 Å². The molecule has 1 aromatic rings. The molecule has 2 rings (SSSR count). The molecule has 1 heterocycles. The van der Waals surface area contributed by atoms with E-state index in [2.05, 4.69) is 9.97 Å². The number of nitrogen functional groups attached to an aromatic ring is 1. The second-order valence-electron chi connectivity index (χ2n) is 4.32. The van der Waals surface area contributed by atoms with Crippen LogP contribution in [0.1, 0.15) is 17.9 Å². The summed E-state index contributed by atoms with van der Waals surface area (Å²) in [7, 11) is 0. The third-order valence-electron chi connectivity index (χ3n) is 3.28. The molecule has 1 fully saturated rings. The Kier molecular flexibility index (Phi) is 3.14. The van der Waals surface area contributed by atoms with E-state index in [4.69, 9.17) is 10.8 Å². The SMILES string of the molecule is Nc1ncc([C@@H]2C[C@H](CO)[C@@H](O)[C@H]2O)c(=O)[nH]1. The van der Waals surface area contributed by atoms with Gasteiger partial charge in [0.05, 0.1) is 12.2 Å². The van der Waals surface area contributed by atoms with Crippen LogP contribution in [-0.2, 0) is 0 Å². The molecule has 17 heavy (non-hydrogen) atoms. The maximum Gasteiger partial charge on any atom is 0.255 e. The van der Waals surface area contributed by atoms with Crippen molar-refractivity contribution in [2.45, 2.75) is 24.5 Å². The zero-order chi connectivity index (χ0) is 12.6. The van der Waals surface area contributed by atoms with Gasteiger partial charge in [-0.2, -0.15) is 0 Å². The number of nitrogens with two attached hydrogens (primary N) is 1. The number of aliphatic hydroxyl groups excluding tert-OH is 3. The fraction of sp³-hybridized carbons (Fsp3) is 0.600. The number of aromatic amines is 1. The van der Waals surface area contributed by atoms with Gasteiger partial charge in [-0.1, -0.05) is 0 Å². The number of hydrogen-bond acceptors (Lipinski definition) is 6. The number of nitrogens with zero attached hydrogens (tertiary/aromatic N) is 1. The lowest BCUT2D eigenvalue weighted by molar-refractivity contribution is 0.00220. The fourth-order valence-electron chi connectivity index (χ4n) is 2.30. The summed E-state index contributed by atoms with van der Waals surface area (Å²) < 4.78 is 0. The Morgan fingerprint density at radius 3 is 2.71 bits per heavy atom. The van der Waals surface area contributed by atoms with Gasteiger partial charge in [0.25, 0.3) is 5.56 Å². The Bertz CT molecular complexity index is 461. The maximum absolute atomic E-state index is 11.6. The van der Waals surface area contributed by atoms with Crippen LogP contribution in [0, 0.1) is 5.92 Å². The van der Waals surface area contributed by atoms with E-state index < -0.39 is 29.6 Å². The number of aromatic nitrogens is 2. The van der Waals surface area contributed by atoms with Gasteiger partial charge < -0.3 is 21.1 Å². The van der Waals surface area contributed by atoms with E-state index in [0.717, 1.165) is 0 Å². The first-order chi connectivity index (χ1) is 8.04. The molecule has 0 bridgehead atoms. The van der Waals surface area contributed by atoms with E-state index in [1.165, 1.54) is 6.20 Å². The number of hydrogen-bond donors (Lipinski definition) is 5. The molecule has 1 saturated carbocycles. The van der Waals surface area contributed by atoms with Crippen molar-refractivity contribution < 1.29 is 15.3 Å². The molecule has 0 amide bonds. The molecule has 1 aromatic heterocycles. The van der Waals surface area contributed by atoms with Gasteiger partial charge in [-0.25, -0.2) is 4.98 Å². The van der Waals surface area contributed by atoms with Crippen molar-refractivity contribution in [3.05, 3.63) is 22.1 Å². The lowest BCUT2D eigenvalue weighted by atomic mass is 9.97. The summed E-state index contributed by atoms with van der Waals surface area (Å²) in [5, 5.41) is 28.5. The molecule has 1 aliphatic carbocycles. The van der Waals surface area contributed by atoms with Crippen molar-refractivity contribution in [3.63, 3.8) is 0 Å². The Hall–Kier alpha value is -1.44. The van der Waals surface area contributed by atoms with Gasteiger partial charge >= 0.3 is 0 Å². The number of aliphatic hydroxyl groups is 3. The topological polar surface area (TPSA) is 132 Å². The molecule has 6 N–H and O–H groups in total. The van der Waals surface area contributed by atoms with Gasteiger partial charge in [-0.05, 0) is 6.42 Å². The van der Waals surface area contributed by atoms with E-state index in [9.17, 15) is 15.0 Å². The Morgan fingerprint density at radius 1 is 1.47 bits per heavy atom. The summed E-state index contributed by atoms with van der Waals surface area (Å²) in [4.78, 5) is 17.7. The van der Waals surface area contributed by atoms with Crippen LogP contribution in [0.4, 0.5) is 5.95 Å². The number of nitrogens with one attached hydrogen (secondary N) is 1. The van der Waals surface area contributed by atoms with Crippen LogP contribution in [0.3, 0.4) is 0 Å². The minimum Gasteiger partial charge on any atom is -0.396 e. The highest BCUT2D eigenvalue weighted by Gasteiger charge is 2.42. The lowest BCUT2D eigenvalue weighted by Crippen LogP contribution is -2.30. The molecule has 4 atom stereocenters. The predicted octanol–water partition coefficient (Wildman–Crippen LogP) is -1.83. The standard InChI is InChI=1S/C10H15N3O4/c11-10-12-2-6(9(17)13-10)5-1-4(3-14)7(15)8(5)16/h2,4-5,7-8,14-16H,1,3H2,(H3,11,12,13,17)/t4-,5+,7-,8+/m1/s1. The summed E-state index contributed by atoms with van der Waals surface area (Å²) in [6, 6.07) is 0. The van der Waals surface area contributed by atoms with Crippen LogP contribution < -0.4 is 11.3 Å². The number of anilines is 1. The Morgan fingerprint density at radius 2 is 2.18 bits per heavy atom. The van der Waals surface area contributed by atoms with E-state index in [1.54, 1.807) is 0 Å². The molecule has 1 aliphatic rings. The molecule has 94 valence electrons. The molecule has 7 heteroatoms. The predicted molar refractivity (Wildman–Crippen MR) is 59.2 cm³/mol. The zero-order valence-electron chi connectivity index (χ0n) is 9.08. The van der Waals surface area contributed by atoms with Crippen molar-refractivity contribution in [2.75, 3.05) is 12.3 Å². The molecular formula is C10H15N3O4. The number of rotatable bonds is 2. The molecule has 0 saturated heterocycles. The third-order valence-corrected chi connectivity index (χ3v) is 3.28. The van der Waals surface area contributed by atoms with E-state index in [-0.39, 0.29) is 18.1 Å². The summed E-state index contributed by atoms with van der Waals surface area (Å²) >= 11 is 0. The summed E-state index contributed by atoms with van der Waals surface area (Å²) in [5.41, 5.74) is 5.18. The molecule has 7 nitrogen and oxygen atoms in total. The largest absolute Gasteiger partial charge is 0.396 e. The normalized spacial score (nSPS) is 32.9. The first-order valence-corrected chi connectivity index (χ1v) is 5.36. The third kappa shape index (κ3) is 2.04. The molecule has 0 unspecified atom stereocenters. The van der Waals surface area contributed by atoms with Gasteiger partial charge in [0, 0.05) is 30.2 Å². The highest BCUT2D eigenvalue weighted by molar-refractivity contribution is 5.23. The van der Waals surface area contributed by atoms with Gasteiger partial charge in [0.2, 0.25) is 0 Å². The molecular weight excluding hydrogens is 226 g/mol. The van der Waals surface area contributed by atoms with Crippen LogP contribution in [0.15, 0.2) is 11.0 Å². The Balaban J connectivity index is 2.32. The highest BCUT2D eigenvalue weighted by Crippen LogP contribution is 2.37. The van der Waals surface area contributed by atoms with Crippen LogP contribution in [-0.4, -0.2) is 44.1 Å². The van der Waals surface area contributed by atoms with Gasteiger partial charge in [0.1, 0.15) is 0 Å². The summed E-state index contributed by atoms with van der Waals surface area (Å²) in [6.07, 6.45) is -0.456. The smallest absolute Gasteiger partial charge is 0.255 e. The first-order valence-electron chi connectivity index (χ1n) is 5.36. The van der Waals surface area contributed by atoms with Crippen molar-refractivity contribution in [1.82, 2.24) is 9.97 Å². The summed E-state index contributed by atoms with van der Waals surface area (Å²) in [6.45, 7) is -0.227. The van der Waals surface area contributed by atoms with Crippen molar-refractivity contribution >= 4 is 5.95 Å².